The van der Waals surface area contributed by atoms with Crippen LogP contribution in [0.1, 0.15) is 60.3 Å². The van der Waals surface area contributed by atoms with Gasteiger partial charge in [0.25, 0.3) is 0 Å². The van der Waals surface area contributed by atoms with Crippen LogP contribution in [0.4, 0.5) is 0 Å². The zero-order valence-corrected chi connectivity index (χ0v) is 14.0. The molecule has 0 unspecified atom stereocenters. The van der Waals surface area contributed by atoms with E-state index in [1.165, 1.54) is 5.57 Å². The Labute approximate surface area is 128 Å². The van der Waals surface area contributed by atoms with Crippen molar-refractivity contribution in [2.45, 2.75) is 60.3 Å². The number of allylic oxidation sites excluding steroid dienone is 3. The normalized spacial score (nSPS) is 25.9. The minimum absolute atomic E-state index is 0.0130. The fourth-order valence-corrected chi connectivity index (χ4v) is 4.03. The molecule has 1 spiro atoms. The van der Waals surface area contributed by atoms with Crippen molar-refractivity contribution in [2.24, 2.45) is 10.8 Å². The Morgan fingerprint density at radius 1 is 1.14 bits per heavy atom. The van der Waals surface area contributed by atoms with Crippen molar-refractivity contribution in [3.8, 4) is 0 Å². The van der Waals surface area contributed by atoms with E-state index in [9.17, 15) is 4.79 Å². The summed E-state index contributed by atoms with van der Waals surface area (Å²) >= 11 is 0. The molecule has 0 atom stereocenters. The molecule has 116 valence electrons. The fraction of sp³-hybridized carbons (Fsp3) is 0.722. The topological polar surface area (TPSA) is 29.5 Å². The number of hydrogen-bond acceptors (Lipinski definition) is 3. The van der Waals surface area contributed by atoms with Gasteiger partial charge in [0, 0.05) is 36.9 Å². The standard InChI is InChI=1S/C18H27NO2/c1-6-19(7-2)16-12(3)18(8-9-18)15-13(20)10-17(4,5)11-14(15)21-16/h6-11H2,1-5H3. The van der Waals surface area contributed by atoms with Crippen molar-refractivity contribution in [2.75, 3.05) is 13.1 Å². The van der Waals surface area contributed by atoms with Crippen molar-refractivity contribution in [1.29, 1.82) is 0 Å². The molecular formula is C18H27NO2. The molecule has 3 rings (SSSR count). The third-order valence-electron chi connectivity index (χ3n) is 5.37. The first-order chi connectivity index (χ1) is 9.84. The number of ether oxygens (including phenoxy) is 1. The predicted octanol–water partition coefficient (Wildman–Crippen LogP) is 4.01. The van der Waals surface area contributed by atoms with E-state index in [-0.39, 0.29) is 10.8 Å². The van der Waals surface area contributed by atoms with Crippen molar-refractivity contribution < 1.29 is 9.53 Å². The minimum atomic E-state index is 0.0130. The molecule has 0 aromatic carbocycles. The van der Waals surface area contributed by atoms with E-state index in [0.29, 0.717) is 12.2 Å². The van der Waals surface area contributed by atoms with Gasteiger partial charge >= 0.3 is 0 Å². The number of Topliss-reactive ketones (excluding diaryl/α,β-unsaturated/α-hetero) is 1. The Morgan fingerprint density at radius 3 is 2.29 bits per heavy atom. The molecule has 1 heterocycles. The van der Waals surface area contributed by atoms with Crippen LogP contribution in [0.5, 0.6) is 0 Å². The van der Waals surface area contributed by atoms with Gasteiger partial charge in [0.2, 0.25) is 0 Å². The van der Waals surface area contributed by atoms with Crippen LogP contribution in [-0.2, 0) is 9.53 Å². The Bertz CT molecular complexity index is 546. The second-order valence-electron chi connectivity index (χ2n) is 7.53. The zero-order valence-electron chi connectivity index (χ0n) is 14.0. The third-order valence-corrected chi connectivity index (χ3v) is 5.37. The van der Waals surface area contributed by atoms with Gasteiger partial charge in [-0.2, -0.15) is 0 Å². The van der Waals surface area contributed by atoms with Crippen LogP contribution in [0.15, 0.2) is 22.8 Å². The van der Waals surface area contributed by atoms with E-state index >= 15 is 0 Å². The van der Waals surface area contributed by atoms with Gasteiger partial charge in [0.1, 0.15) is 5.76 Å². The summed E-state index contributed by atoms with van der Waals surface area (Å²) in [4.78, 5) is 15.0. The Kier molecular flexibility index (Phi) is 3.23. The Hall–Kier alpha value is -1.25. The van der Waals surface area contributed by atoms with Gasteiger partial charge in [-0.15, -0.1) is 0 Å². The maximum Gasteiger partial charge on any atom is 0.195 e. The summed E-state index contributed by atoms with van der Waals surface area (Å²) in [7, 11) is 0. The van der Waals surface area contributed by atoms with Crippen LogP contribution in [0.25, 0.3) is 0 Å². The molecule has 0 bridgehead atoms. The van der Waals surface area contributed by atoms with E-state index in [2.05, 4.69) is 39.5 Å². The molecule has 0 aromatic heterocycles. The molecule has 3 heteroatoms. The highest BCUT2D eigenvalue weighted by Crippen LogP contribution is 2.63. The first-order valence-electron chi connectivity index (χ1n) is 8.25. The summed E-state index contributed by atoms with van der Waals surface area (Å²) in [6.45, 7) is 12.7. The van der Waals surface area contributed by atoms with E-state index in [4.69, 9.17) is 4.74 Å². The largest absolute Gasteiger partial charge is 0.445 e. The highest BCUT2D eigenvalue weighted by Gasteiger charge is 2.57. The maximum atomic E-state index is 12.7. The number of nitrogens with zero attached hydrogens (tertiary/aromatic N) is 1. The second kappa shape index (κ2) is 4.62. The first-order valence-corrected chi connectivity index (χ1v) is 8.25. The monoisotopic (exact) mass is 289 g/mol. The summed E-state index contributed by atoms with van der Waals surface area (Å²) in [5.74, 6) is 2.29. The van der Waals surface area contributed by atoms with E-state index in [0.717, 1.165) is 49.6 Å². The molecule has 3 nitrogen and oxygen atoms in total. The molecule has 1 saturated carbocycles. The van der Waals surface area contributed by atoms with Crippen LogP contribution in [0.3, 0.4) is 0 Å². The van der Waals surface area contributed by atoms with Gasteiger partial charge in [-0.1, -0.05) is 13.8 Å². The number of hydrogen-bond donors (Lipinski definition) is 0. The van der Waals surface area contributed by atoms with Crippen LogP contribution in [0.2, 0.25) is 0 Å². The van der Waals surface area contributed by atoms with Gasteiger partial charge in [-0.3, -0.25) is 4.79 Å². The van der Waals surface area contributed by atoms with E-state index in [1.54, 1.807) is 0 Å². The third kappa shape index (κ3) is 2.13. The highest BCUT2D eigenvalue weighted by molar-refractivity contribution is 6.00. The highest BCUT2D eigenvalue weighted by atomic mass is 16.5. The van der Waals surface area contributed by atoms with Gasteiger partial charge in [-0.05, 0) is 44.6 Å². The molecule has 0 aromatic rings. The molecule has 1 aliphatic heterocycles. The number of fused-ring (bicyclic) bond motifs is 1. The van der Waals surface area contributed by atoms with E-state index < -0.39 is 0 Å². The fourth-order valence-electron chi connectivity index (χ4n) is 4.03. The van der Waals surface area contributed by atoms with Crippen molar-refractivity contribution in [3.63, 3.8) is 0 Å². The first kappa shape index (κ1) is 14.7. The number of carbonyl (C=O) groups is 1. The van der Waals surface area contributed by atoms with Crippen molar-refractivity contribution in [3.05, 3.63) is 22.8 Å². The summed E-state index contributed by atoms with van der Waals surface area (Å²) < 4.78 is 6.29. The molecule has 1 fully saturated rings. The summed E-state index contributed by atoms with van der Waals surface area (Å²) in [6.07, 6.45) is 3.76. The van der Waals surface area contributed by atoms with Crippen molar-refractivity contribution in [1.82, 2.24) is 4.90 Å². The lowest BCUT2D eigenvalue weighted by molar-refractivity contribution is -0.119. The number of carbonyl (C=O) groups excluding carboxylic acids is 1. The summed E-state index contributed by atoms with van der Waals surface area (Å²) in [6, 6.07) is 0. The SMILES string of the molecule is CCN(CC)C1=C(C)C2(CC2)C2=C(CC(C)(C)CC2=O)O1. The van der Waals surface area contributed by atoms with Gasteiger partial charge in [0.15, 0.2) is 11.7 Å². The zero-order chi connectivity index (χ0) is 15.4. The maximum absolute atomic E-state index is 12.7. The lowest BCUT2D eigenvalue weighted by atomic mass is 9.70. The van der Waals surface area contributed by atoms with Crippen LogP contribution in [-0.4, -0.2) is 23.8 Å². The Morgan fingerprint density at radius 2 is 1.76 bits per heavy atom. The molecular weight excluding hydrogens is 262 g/mol. The molecule has 0 saturated heterocycles. The molecule has 21 heavy (non-hydrogen) atoms. The van der Waals surface area contributed by atoms with Crippen LogP contribution < -0.4 is 0 Å². The number of rotatable bonds is 3. The molecule has 3 aliphatic rings. The van der Waals surface area contributed by atoms with Gasteiger partial charge in [-0.25, -0.2) is 0 Å². The van der Waals surface area contributed by atoms with E-state index in [1.807, 2.05) is 0 Å². The average molecular weight is 289 g/mol. The molecule has 0 radical (unpaired) electrons. The van der Waals surface area contributed by atoms with Gasteiger partial charge < -0.3 is 9.64 Å². The lowest BCUT2D eigenvalue weighted by Gasteiger charge is -2.41. The lowest BCUT2D eigenvalue weighted by Crippen LogP contribution is -2.37. The van der Waals surface area contributed by atoms with Crippen LogP contribution in [0, 0.1) is 10.8 Å². The predicted molar refractivity (Wildman–Crippen MR) is 83.4 cm³/mol. The number of ketones is 1. The minimum Gasteiger partial charge on any atom is -0.445 e. The molecule has 0 amide bonds. The summed E-state index contributed by atoms with van der Waals surface area (Å²) in [5.41, 5.74) is 2.32. The quantitative estimate of drug-likeness (QED) is 0.786. The average Bonchev–Trinajstić information content (AvgIpc) is 3.16. The van der Waals surface area contributed by atoms with Crippen LogP contribution >= 0.6 is 0 Å². The smallest absolute Gasteiger partial charge is 0.195 e. The van der Waals surface area contributed by atoms with Gasteiger partial charge in [0.05, 0.1) is 0 Å². The second-order valence-corrected chi connectivity index (χ2v) is 7.53. The summed E-state index contributed by atoms with van der Waals surface area (Å²) in [5, 5.41) is 0. The molecule has 0 N–H and O–H groups in total. The Balaban J connectivity index is 2.05. The molecule has 2 aliphatic carbocycles. The van der Waals surface area contributed by atoms with Crippen molar-refractivity contribution >= 4 is 5.78 Å².